The Hall–Kier alpha value is -0.550. The molecule has 0 fully saturated rings. The van der Waals surface area contributed by atoms with Crippen LogP contribution in [0.3, 0.4) is 0 Å². The smallest absolute Gasteiger partial charge is 0.223 e. The molecule has 0 unspecified atom stereocenters. The van der Waals surface area contributed by atoms with Crippen molar-refractivity contribution in [3.63, 3.8) is 0 Å². The summed E-state index contributed by atoms with van der Waals surface area (Å²) in [5.74, 6) is 2.43. The number of hydrogen-bond donors (Lipinski definition) is 1. The zero-order chi connectivity index (χ0) is 12.2. The van der Waals surface area contributed by atoms with Gasteiger partial charge in [-0.2, -0.15) is 16.7 Å². The Kier molecular flexibility index (Phi) is 4.80. The number of nitrogens with zero attached hydrogens (tertiary/aromatic N) is 2. The predicted molar refractivity (Wildman–Crippen MR) is 67.7 cm³/mol. The molecule has 0 amide bonds. The lowest BCUT2D eigenvalue weighted by atomic mass is 10.1. The molecule has 92 valence electrons. The van der Waals surface area contributed by atoms with E-state index in [1.807, 2.05) is 11.8 Å². The van der Waals surface area contributed by atoms with Gasteiger partial charge in [0.1, 0.15) is 0 Å². The highest BCUT2D eigenvalue weighted by atomic mass is 32.2. The molecule has 1 aromatic heterocycles. The van der Waals surface area contributed by atoms with Crippen molar-refractivity contribution < 1.29 is 4.52 Å². The Morgan fingerprint density at radius 1 is 1.44 bits per heavy atom. The molecule has 0 saturated carbocycles. The summed E-state index contributed by atoms with van der Waals surface area (Å²) in [6.07, 6.45) is 0. The van der Waals surface area contributed by atoms with Gasteiger partial charge in [0.2, 0.25) is 5.89 Å². The lowest BCUT2D eigenvalue weighted by molar-refractivity contribution is 0.344. The number of aromatic nitrogens is 2. The van der Waals surface area contributed by atoms with E-state index in [1.54, 1.807) is 6.92 Å². The van der Waals surface area contributed by atoms with Crippen molar-refractivity contribution in [1.29, 1.82) is 0 Å². The summed E-state index contributed by atoms with van der Waals surface area (Å²) >= 11 is 1.95. The Morgan fingerprint density at radius 3 is 2.62 bits per heavy atom. The van der Waals surface area contributed by atoms with E-state index in [2.05, 4.69) is 43.2 Å². The Bertz CT molecular complexity index is 323. The molecule has 5 heteroatoms. The standard InChI is InChI=1S/C11H21N3OS/c1-8(2)16-7-6-12-11(4,5)10-13-9(3)15-14-10/h8,12H,6-7H2,1-5H3. The summed E-state index contributed by atoms with van der Waals surface area (Å²) in [4.78, 5) is 4.25. The first-order valence-corrected chi connectivity index (χ1v) is 6.64. The second-order valence-electron chi connectivity index (χ2n) is 4.61. The maximum atomic E-state index is 4.99. The lowest BCUT2D eigenvalue weighted by Crippen LogP contribution is -2.39. The highest BCUT2D eigenvalue weighted by molar-refractivity contribution is 7.99. The molecule has 1 rings (SSSR count). The predicted octanol–water partition coefficient (Wildman–Crippen LogP) is 2.34. The molecule has 0 atom stereocenters. The van der Waals surface area contributed by atoms with Gasteiger partial charge < -0.3 is 9.84 Å². The van der Waals surface area contributed by atoms with E-state index < -0.39 is 0 Å². The van der Waals surface area contributed by atoms with Crippen molar-refractivity contribution >= 4 is 11.8 Å². The number of nitrogens with one attached hydrogen (secondary N) is 1. The van der Waals surface area contributed by atoms with Crippen LogP contribution in [-0.4, -0.2) is 27.7 Å². The van der Waals surface area contributed by atoms with Gasteiger partial charge in [0.15, 0.2) is 5.82 Å². The van der Waals surface area contributed by atoms with Gasteiger partial charge >= 0.3 is 0 Å². The fourth-order valence-electron chi connectivity index (χ4n) is 1.29. The lowest BCUT2D eigenvalue weighted by Gasteiger charge is -2.22. The first kappa shape index (κ1) is 13.5. The van der Waals surface area contributed by atoms with Gasteiger partial charge in [-0.1, -0.05) is 19.0 Å². The van der Waals surface area contributed by atoms with E-state index in [0.717, 1.165) is 18.1 Å². The number of aryl methyl sites for hydroxylation is 1. The fraction of sp³-hybridized carbons (Fsp3) is 0.818. The topological polar surface area (TPSA) is 51.0 Å². The van der Waals surface area contributed by atoms with E-state index in [4.69, 9.17) is 4.52 Å². The van der Waals surface area contributed by atoms with Crippen LogP contribution in [0.4, 0.5) is 0 Å². The SMILES string of the molecule is Cc1nc(C(C)(C)NCCSC(C)C)no1. The largest absolute Gasteiger partial charge is 0.340 e. The third kappa shape index (κ3) is 4.14. The minimum atomic E-state index is -0.227. The first-order valence-electron chi connectivity index (χ1n) is 5.59. The van der Waals surface area contributed by atoms with Crippen LogP contribution in [-0.2, 0) is 5.54 Å². The van der Waals surface area contributed by atoms with E-state index in [9.17, 15) is 0 Å². The summed E-state index contributed by atoms with van der Waals surface area (Å²) in [6, 6.07) is 0. The molecule has 0 aliphatic carbocycles. The van der Waals surface area contributed by atoms with Crippen molar-refractivity contribution in [2.45, 2.75) is 45.4 Å². The third-order valence-electron chi connectivity index (χ3n) is 2.21. The minimum absolute atomic E-state index is 0.227. The summed E-state index contributed by atoms with van der Waals surface area (Å²) in [7, 11) is 0. The Labute approximate surface area is 102 Å². The van der Waals surface area contributed by atoms with Crippen LogP contribution in [0, 0.1) is 6.92 Å². The van der Waals surface area contributed by atoms with Crippen LogP contribution < -0.4 is 5.32 Å². The van der Waals surface area contributed by atoms with Gasteiger partial charge in [0, 0.05) is 19.2 Å². The summed E-state index contributed by atoms with van der Waals surface area (Å²) < 4.78 is 4.99. The van der Waals surface area contributed by atoms with Gasteiger partial charge in [-0.15, -0.1) is 0 Å². The van der Waals surface area contributed by atoms with Crippen molar-refractivity contribution in [3.05, 3.63) is 11.7 Å². The molecular weight excluding hydrogens is 222 g/mol. The molecule has 0 radical (unpaired) electrons. The molecule has 1 heterocycles. The van der Waals surface area contributed by atoms with Crippen LogP contribution in [0.5, 0.6) is 0 Å². The summed E-state index contributed by atoms with van der Waals surface area (Å²) in [5, 5.41) is 8.06. The number of rotatable bonds is 6. The van der Waals surface area contributed by atoms with Crippen LogP contribution in [0.25, 0.3) is 0 Å². The average Bonchev–Trinajstić information content (AvgIpc) is 2.60. The van der Waals surface area contributed by atoms with Gasteiger partial charge in [-0.3, -0.25) is 0 Å². The average molecular weight is 243 g/mol. The molecule has 0 bridgehead atoms. The van der Waals surface area contributed by atoms with E-state index in [1.165, 1.54) is 0 Å². The van der Waals surface area contributed by atoms with Gasteiger partial charge in [0.05, 0.1) is 5.54 Å². The highest BCUT2D eigenvalue weighted by Gasteiger charge is 2.25. The fourth-order valence-corrected chi connectivity index (χ4v) is 1.98. The third-order valence-corrected chi connectivity index (χ3v) is 3.31. The summed E-state index contributed by atoms with van der Waals surface area (Å²) in [6.45, 7) is 11.3. The van der Waals surface area contributed by atoms with Crippen molar-refractivity contribution in [2.75, 3.05) is 12.3 Å². The number of thioether (sulfide) groups is 1. The van der Waals surface area contributed by atoms with E-state index in [-0.39, 0.29) is 5.54 Å². The maximum Gasteiger partial charge on any atom is 0.223 e. The Balaban J connectivity index is 2.40. The van der Waals surface area contributed by atoms with Crippen LogP contribution >= 0.6 is 11.8 Å². The molecular formula is C11H21N3OS. The van der Waals surface area contributed by atoms with E-state index >= 15 is 0 Å². The van der Waals surface area contributed by atoms with Crippen molar-refractivity contribution in [3.8, 4) is 0 Å². The molecule has 0 aliphatic rings. The molecule has 16 heavy (non-hydrogen) atoms. The monoisotopic (exact) mass is 243 g/mol. The quantitative estimate of drug-likeness (QED) is 0.777. The molecule has 0 aliphatic heterocycles. The molecule has 1 N–H and O–H groups in total. The maximum absolute atomic E-state index is 4.99. The van der Waals surface area contributed by atoms with Crippen LogP contribution in [0.15, 0.2) is 4.52 Å². The molecule has 0 aromatic carbocycles. The second kappa shape index (κ2) is 5.68. The molecule has 1 aromatic rings. The normalized spacial score (nSPS) is 12.4. The Morgan fingerprint density at radius 2 is 2.12 bits per heavy atom. The highest BCUT2D eigenvalue weighted by Crippen LogP contribution is 2.16. The van der Waals surface area contributed by atoms with Gasteiger partial charge in [0.25, 0.3) is 0 Å². The van der Waals surface area contributed by atoms with Crippen molar-refractivity contribution in [1.82, 2.24) is 15.5 Å². The van der Waals surface area contributed by atoms with Crippen LogP contribution in [0.1, 0.15) is 39.4 Å². The van der Waals surface area contributed by atoms with Gasteiger partial charge in [-0.25, -0.2) is 0 Å². The molecule has 4 nitrogen and oxygen atoms in total. The zero-order valence-corrected chi connectivity index (χ0v) is 11.5. The first-order chi connectivity index (χ1) is 7.42. The van der Waals surface area contributed by atoms with E-state index in [0.29, 0.717) is 11.1 Å². The van der Waals surface area contributed by atoms with Gasteiger partial charge in [-0.05, 0) is 19.1 Å². The molecule has 0 saturated heterocycles. The minimum Gasteiger partial charge on any atom is -0.340 e. The second-order valence-corrected chi connectivity index (χ2v) is 6.29. The summed E-state index contributed by atoms with van der Waals surface area (Å²) in [5.41, 5.74) is -0.227. The molecule has 0 spiro atoms. The number of hydrogen-bond acceptors (Lipinski definition) is 5. The zero-order valence-electron chi connectivity index (χ0n) is 10.7. The van der Waals surface area contributed by atoms with Crippen molar-refractivity contribution in [2.24, 2.45) is 0 Å². The van der Waals surface area contributed by atoms with Crippen LogP contribution in [0.2, 0.25) is 0 Å².